The fourth-order valence-electron chi connectivity index (χ4n) is 7.04. The maximum atomic E-state index is 14.2. The lowest BCUT2D eigenvalue weighted by atomic mass is 9.78. The van der Waals surface area contributed by atoms with Crippen molar-refractivity contribution >= 4 is 40.3 Å². The number of nitrogens with one attached hydrogen (secondary N) is 1. The second kappa shape index (κ2) is 17.1. The van der Waals surface area contributed by atoms with Crippen molar-refractivity contribution in [2.24, 2.45) is 28.8 Å². The Morgan fingerprint density at radius 3 is 2.27 bits per heavy atom. The van der Waals surface area contributed by atoms with Gasteiger partial charge in [-0.2, -0.15) is 0 Å². The minimum atomic E-state index is -2.05. The first kappa shape index (κ1) is 42.6. The number of carbonyl (C=O) groups excluding carboxylic acids is 3. The second-order valence-corrected chi connectivity index (χ2v) is 14.3. The van der Waals surface area contributed by atoms with Crippen LogP contribution in [0.25, 0.3) is 10.8 Å². The van der Waals surface area contributed by atoms with Crippen LogP contribution in [-0.4, -0.2) is 93.3 Å². The molecule has 0 spiro atoms. The highest BCUT2D eigenvalue weighted by Crippen LogP contribution is 2.55. The van der Waals surface area contributed by atoms with E-state index in [1.54, 1.807) is 46.8 Å². The fraction of sp³-hybridized carbons (Fsp3) is 0.500. The Labute approximate surface area is 319 Å². The number of ether oxygens (including phenoxy) is 4. The van der Waals surface area contributed by atoms with Crippen molar-refractivity contribution in [3.05, 3.63) is 52.8 Å². The molecule has 2 aromatic carbocycles. The molecular formula is C40H52N2O13. The number of rotatable bonds is 5. The van der Waals surface area contributed by atoms with Gasteiger partial charge in [-0.15, -0.1) is 0 Å². The molecule has 5 bridgehead atoms. The van der Waals surface area contributed by atoms with Gasteiger partial charge in [-0.25, -0.2) is 0 Å². The van der Waals surface area contributed by atoms with Crippen molar-refractivity contribution in [3.8, 4) is 23.0 Å². The maximum Gasteiger partial charge on any atom is 0.312 e. The SMILES string of the molecule is CCO/N=C/c1c2c(O)c3c(O)c(C)c4c(c3c1O)C(=O)[C@@](C)(O/C=C/[C@H](OC)[C@@H](C)[C@@H](OC(C)=O)[C@H](C)[C@H](O)[C@H](C)[C@@H](O)[C@H](C)/C=C/C=C(/C)C(=O)N2)O4. The van der Waals surface area contributed by atoms with E-state index < -0.39 is 88.8 Å². The fourth-order valence-corrected chi connectivity index (χ4v) is 7.04. The molecule has 300 valence electrons. The molecule has 3 aliphatic rings. The number of phenolic OH excluding ortho intramolecular Hbond substituents is 3. The van der Waals surface area contributed by atoms with Crippen molar-refractivity contribution in [1.29, 1.82) is 0 Å². The van der Waals surface area contributed by atoms with E-state index in [2.05, 4.69) is 10.5 Å². The van der Waals surface area contributed by atoms with Gasteiger partial charge in [0.2, 0.25) is 0 Å². The van der Waals surface area contributed by atoms with Crippen LogP contribution in [0.4, 0.5) is 5.69 Å². The van der Waals surface area contributed by atoms with Gasteiger partial charge in [0.15, 0.2) is 5.75 Å². The average molecular weight is 769 g/mol. The summed E-state index contributed by atoms with van der Waals surface area (Å²) in [4.78, 5) is 45.1. The minimum absolute atomic E-state index is 0.0345. The quantitative estimate of drug-likeness (QED) is 0.0765. The van der Waals surface area contributed by atoms with E-state index in [1.165, 1.54) is 53.2 Å². The third-order valence-electron chi connectivity index (χ3n) is 10.4. The zero-order valence-electron chi connectivity index (χ0n) is 32.7. The van der Waals surface area contributed by atoms with Crippen LogP contribution in [0.2, 0.25) is 0 Å². The summed E-state index contributed by atoms with van der Waals surface area (Å²) in [6, 6.07) is 0. The number of amides is 1. The Morgan fingerprint density at radius 2 is 1.65 bits per heavy atom. The summed E-state index contributed by atoms with van der Waals surface area (Å²) in [5.74, 6) is -8.61. The van der Waals surface area contributed by atoms with Crippen LogP contribution in [0.3, 0.4) is 0 Å². The molecule has 0 saturated heterocycles. The number of aliphatic hydroxyl groups is 2. The summed E-state index contributed by atoms with van der Waals surface area (Å²) in [5.41, 5.74) is -0.610. The predicted molar refractivity (Wildman–Crippen MR) is 203 cm³/mol. The van der Waals surface area contributed by atoms with Crippen molar-refractivity contribution in [2.75, 3.05) is 19.0 Å². The van der Waals surface area contributed by atoms with E-state index in [-0.39, 0.29) is 51.1 Å². The number of fused-ring (bicyclic) bond motifs is 14. The molecule has 0 fully saturated rings. The Kier molecular flexibility index (Phi) is 13.3. The summed E-state index contributed by atoms with van der Waals surface area (Å²) >= 11 is 0. The molecule has 3 heterocycles. The number of carbonyl (C=O) groups is 3. The summed E-state index contributed by atoms with van der Waals surface area (Å²) < 4.78 is 23.4. The molecule has 55 heavy (non-hydrogen) atoms. The molecule has 3 aliphatic heterocycles. The number of phenols is 3. The zero-order chi connectivity index (χ0) is 41.1. The van der Waals surface area contributed by atoms with E-state index in [4.69, 9.17) is 23.8 Å². The number of aromatic hydroxyl groups is 3. The minimum Gasteiger partial charge on any atom is -0.507 e. The van der Waals surface area contributed by atoms with Crippen molar-refractivity contribution in [1.82, 2.24) is 0 Å². The third-order valence-corrected chi connectivity index (χ3v) is 10.4. The van der Waals surface area contributed by atoms with Gasteiger partial charge < -0.3 is 54.6 Å². The number of hydrogen-bond donors (Lipinski definition) is 6. The van der Waals surface area contributed by atoms with E-state index in [9.17, 15) is 39.9 Å². The van der Waals surface area contributed by atoms with Crippen molar-refractivity contribution in [3.63, 3.8) is 0 Å². The van der Waals surface area contributed by atoms with Gasteiger partial charge in [-0.1, -0.05) is 51.1 Å². The molecule has 0 aromatic heterocycles. The number of esters is 1. The molecular weight excluding hydrogens is 716 g/mol. The molecule has 0 radical (unpaired) electrons. The lowest BCUT2D eigenvalue weighted by Crippen LogP contribution is -2.46. The van der Waals surface area contributed by atoms with Crippen molar-refractivity contribution < 1.29 is 63.7 Å². The lowest BCUT2D eigenvalue weighted by Gasteiger charge is -2.38. The summed E-state index contributed by atoms with van der Waals surface area (Å²) in [6.07, 6.45) is 4.49. The molecule has 0 unspecified atom stereocenters. The van der Waals surface area contributed by atoms with Gasteiger partial charge in [0, 0.05) is 61.2 Å². The number of nitrogens with zero attached hydrogens (tertiary/aromatic N) is 1. The molecule has 6 N–H and O–H groups in total. The third kappa shape index (κ3) is 8.28. The number of Topliss-reactive ketones (excluding diaryl/α,β-unsaturated/α-hetero) is 1. The van der Waals surface area contributed by atoms with E-state index in [0.717, 1.165) is 6.21 Å². The summed E-state index contributed by atoms with van der Waals surface area (Å²) in [5, 5.41) is 63.3. The smallest absolute Gasteiger partial charge is 0.312 e. The monoisotopic (exact) mass is 768 g/mol. The first-order valence-electron chi connectivity index (χ1n) is 18.1. The molecule has 2 aromatic rings. The van der Waals surface area contributed by atoms with Gasteiger partial charge >= 0.3 is 11.8 Å². The normalized spacial score (nSPS) is 31.4. The highest BCUT2D eigenvalue weighted by Gasteiger charge is 2.50. The van der Waals surface area contributed by atoms with Crippen LogP contribution in [0, 0.1) is 30.6 Å². The van der Waals surface area contributed by atoms with Gasteiger partial charge in [0.05, 0.1) is 53.0 Å². The zero-order valence-corrected chi connectivity index (χ0v) is 32.7. The predicted octanol–water partition coefficient (Wildman–Crippen LogP) is 5.12. The highest BCUT2D eigenvalue weighted by atomic mass is 16.7. The molecule has 15 heteroatoms. The number of benzene rings is 2. The van der Waals surface area contributed by atoms with Gasteiger partial charge in [0.1, 0.15) is 30.0 Å². The number of methoxy groups -OCH3 is 1. The molecule has 5 rings (SSSR count). The molecule has 0 aliphatic carbocycles. The van der Waals surface area contributed by atoms with Gasteiger partial charge in [-0.05, 0) is 26.8 Å². The number of ketones is 1. The Morgan fingerprint density at radius 1 is 0.982 bits per heavy atom. The van der Waals surface area contributed by atoms with Crippen molar-refractivity contribution in [2.45, 2.75) is 92.5 Å². The van der Waals surface area contributed by atoms with Crippen LogP contribution in [-0.2, 0) is 28.6 Å². The van der Waals surface area contributed by atoms with Crippen LogP contribution in [0.5, 0.6) is 23.0 Å². The molecule has 9 atom stereocenters. The van der Waals surface area contributed by atoms with Crippen LogP contribution in [0.1, 0.15) is 76.9 Å². The second-order valence-electron chi connectivity index (χ2n) is 14.3. The number of hydrogen-bond acceptors (Lipinski definition) is 14. The van der Waals surface area contributed by atoms with E-state index in [1.807, 2.05) is 0 Å². The number of allylic oxidation sites excluding steroid dienone is 2. The summed E-state index contributed by atoms with van der Waals surface area (Å²) in [7, 11) is 1.42. The number of aliphatic hydroxyl groups excluding tert-OH is 2. The van der Waals surface area contributed by atoms with Crippen LogP contribution in [0.15, 0.2) is 41.3 Å². The Hall–Kier alpha value is -5.12. The molecule has 15 nitrogen and oxygen atoms in total. The van der Waals surface area contributed by atoms with E-state index >= 15 is 0 Å². The topological polar surface area (TPSA) is 223 Å². The molecule has 1 amide bonds. The Bertz CT molecular complexity index is 1940. The maximum absolute atomic E-state index is 14.2. The standard InChI is InChI=1S/C40H52N2O13/c1-11-53-41-17-25-30-35(48)28-27(34(25)47)29-37(23(7)33(28)46)55-40(9,38(29)49)52-16-15-26(51-10)20(4)36(54-24(8)43)22(6)32(45)21(5)31(44)18(2)13-12-14-19(3)39(50)42-30/h12-18,20-22,26,31-32,36,44-48H,11H2,1-10H3,(H,42,50)/b13-12+,16-15+,19-14-,41-17+/t18-,20-,21-,22-,26+,31+,32-,36-,40+/m1/s1. The number of anilines is 1. The lowest BCUT2D eigenvalue weighted by molar-refractivity contribution is -0.160. The van der Waals surface area contributed by atoms with Gasteiger partial charge in [-0.3, -0.25) is 14.4 Å². The highest BCUT2D eigenvalue weighted by molar-refractivity contribution is 6.23. The van der Waals surface area contributed by atoms with Gasteiger partial charge in [0.25, 0.3) is 11.7 Å². The van der Waals surface area contributed by atoms with E-state index in [0.29, 0.717) is 0 Å². The summed E-state index contributed by atoms with van der Waals surface area (Å²) in [6.45, 7) is 14.2. The van der Waals surface area contributed by atoms with Crippen LogP contribution >= 0.6 is 0 Å². The first-order valence-corrected chi connectivity index (χ1v) is 18.1. The van der Waals surface area contributed by atoms with Crippen LogP contribution < -0.4 is 10.1 Å². The molecule has 0 saturated carbocycles. The Balaban J connectivity index is 1.97. The largest absolute Gasteiger partial charge is 0.507 e. The average Bonchev–Trinajstić information content (AvgIpc) is 3.41. The first-order chi connectivity index (χ1) is 25.8. The number of oxime groups is 1.